The second-order valence-corrected chi connectivity index (χ2v) is 10.8. The maximum absolute atomic E-state index is 13.9. The van der Waals surface area contributed by atoms with Crippen LogP contribution in [0.5, 0.6) is 0 Å². The fourth-order valence-electron chi connectivity index (χ4n) is 4.70. The maximum atomic E-state index is 13.9. The van der Waals surface area contributed by atoms with Gasteiger partial charge in [-0.25, -0.2) is 9.79 Å². The van der Waals surface area contributed by atoms with Crippen LogP contribution in [0, 0.1) is 0 Å². The Kier molecular flexibility index (Phi) is 6.88. The summed E-state index contributed by atoms with van der Waals surface area (Å²) in [4.78, 5) is 34.4. The summed E-state index contributed by atoms with van der Waals surface area (Å²) in [6.45, 7) is 3.81. The normalized spacial score (nSPS) is 15.5. The summed E-state index contributed by atoms with van der Waals surface area (Å²) >= 11 is 4.95. The molecule has 0 aliphatic carbocycles. The number of carbonyl (C=O) groups is 1. The molecule has 4 aromatic rings. The highest BCUT2D eigenvalue weighted by Gasteiger charge is 2.34. The topological polar surface area (TPSA) is 63.9 Å². The molecule has 5 rings (SSSR count). The third kappa shape index (κ3) is 4.55. The smallest absolute Gasteiger partial charge is 0.338 e. The molecule has 0 spiro atoms. The Hall–Kier alpha value is -3.49. The van der Waals surface area contributed by atoms with Crippen LogP contribution in [0.1, 0.15) is 31.0 Å². The Morgan fingerprint density at radius 3 is 2.65 bits per heavy atom. The van der Waals surface area contributed by atoms with Crippen molar-refractivity contribution in [1.29, 1.82) is 0 Å². The quantitative estimate of drug-likeness (QED) is 0.321. The van der Waals surface area contributed by atoms with Crippen molar-refractivity contribution in [2.24, 2.45) is 4.99 Å². The molecule has 0 fully saturated rings. The number of benzene rings is 3. The SMILES string of the molecule is CCOC(=O)C1=C(C)N=c2s/c(=C\c3ccc(N(C)C)c(Br)c3)c(=O)n2[C@@H]1c1cccc2ccccc12. The van der Waals surface area contributed by atoms with Crippen molar-refractivity contribution in [2.75, 3.05) is 25.6 Å². The number of halogens is 1. The van der Waals surface area contributed by atoms with E-state index >= 15 is 0 Å². The lowest BCUT2D eigenvalue weighted by Gasteiger charge is -2.25. The molecule has 1 aliphatic heterocycles. The van der Waals surface area contributed by atoms with E-state index in [0.717, 1.165) is 32.1 Å². The van der Waals surface area contributed by atoms with Gasteiger partial charge in [0.1, 0.15) is 0 Å². The van der Waals surface area contributed by atoms with Crippen LogP contribution in [-0.2, 0) is 9.53 Å². The Morgan fingerprint density at radius 1 is 1.16 bits per heavy atom. The lowest BCUT2D eigenvalue weighted by atomic mass is 9.91. The highest BCUT2D eigenvalue weighted by atomic mass is 79.9. The van der Waals surface area contributed by atoms with Gasteiger partial charge in [0, 0.05) is 18.6 Å². The van der Waals surface area contributed by atoms with Gasteiger partial charge in [-0.05, 0) is 69.9 Å². The number of hydrogen-bond donors (Lipinski definition) is 0. The average Bonchev–Trinajstić information content (AvgIpc) is 3.17. The van der Waals surface area contributed by atoms with Crippen LogP contribution < -0.4 is 19.8 Å². The third-order valence-corrected chi connectivity index (χ3v) is 8.00. The van der Waals surface area contributed by atoms with Crippen LogP contribution in [0.4, 0.5) is 5.69 Å². The summed E-state index contributed by atoms with van der Waals surface area (Å²) in [6, 6.07) is 19.3. The van der Waals surface area contributed by atoms with Crippen LogP contribution in [-0.4, -0.2) is 31.2 Å². The molecule has 3 aromatic carbocycles. The molecule has 8 heteroatoms. The number of esters is 1. The number of carbonyl (C=O) groups excluding carboxylic acids is 1. The molecule has 0 saturated carbocycles. The van der Waals surface area contributed by atoms with E-state index in [-0.39, 0.29) is 12.2 Å². The Labute approximate surface area is 227 Å². The highest BCUT2D eigenvalue weighted by Crippen LogP contribution is 2.35. The van der Waals surface area contributed by atoms with Crippen molar-refractivity contribution in [2.45, 2.75) is 19.9 Å². The number of hydrogen-bond acceptors (Lipinski definition) is 6. The fourth-order valence-corrected chi connectivity index (χ4v) is 6.50. The number of allylic oxidation sites excluding steroid dienone is 1. The molecule has 0 bridgehead atoms. The molecule has 37 heavy (non-hydrogen) atoms. The molecular formula is C29H26BrN3O3S. The summed E-state index contributed by atoms with van der Waals surface area (Å²) in [5.74, 6) is -0.459. The van der Waals surface area contributed by atoms with Crippen LogP contribution >= 0.6 is 27.3 Å². The summed E-state index contributed by atoms with van der Waals surface area (Å²) in [6.07, 6.45) is 1.87. The van der Waals surface area contributed by atoms with Gasteiger partial charge in [0.2, 0.25) is 0 Å². The van der Waals surface area contributed by atoms with Gasteiger partial charge in [-0.15, -0.1) is 0 Å². The molecule has 6 nitrogen and oxygen atoms in total. The largest absolute Gasteiger partial charge is 0.463 e. The van der Waals surface area contributed by atoms with Crippen molar-refractivity contribution in [3.05, 3.63) is 107 Å². The Balaban J connectivity index is 1.76. The van der Waals surface area contributed by atoms with E-state index in [0.29, 0.717) is 20.6 Å². The first-order valence-corrected chi connectivity index (χ1v) is 13.5. The van der Waals surface area contributed by atoms with Gasteiger partial charge in [0.05, 0.1) is 34.1 Å². The van der Waals surface area contributed by atoms with Crippen molar-refractivity contribution in [3.63, 3.8) is 0 Å². The molecule has 1 aromatic heterocycles. The molecule has 0 N–H and O–H groups in total. The van der Waals surface area contributed by atoms with Crippen molar-refractivity contribution >= 4 is 55.8 Å². The predicted octanol–water partition coefficient (Wildman–Crippen LogP) is 4.78. The minimum Gasteiger partial charge on any atom is -0.463 e. The number of rotatable bonds is 5. The fraction of sp³-hybridized carbons (Fsp3) is 0.207. The van der Waals surface area contributed by atoms with Crippen LogP contribution in [0.15, 0.2) is 86.2 Å². The number of fused-ring (bicyclic) bond motifs is 2. The molecular weight excluding hydrogens is 550 g/mol. The molecule has 0 saturated heterocycles. The van der Waals surface area contributed by atoms with E-state index in [1.165, 1.54) is 11.3 Å². The van der Waals surface area contributed by atoms with E-state index in [9.17, 15) is 9.59 Å². The molecule has 0 unspecified atom stereocenters. The highest BCUT2D eigenvalue weighted by molar-refractivity contribution is 9.10. The second kappa shape index (κ2) is 10.1. The van der Waals surface area contributed by atoms with Crippen molar-refractivity contribution < 1.29 is 9.53 Å². The summed E-state index contributed by atoms with van der Waals surface area (Å²) in [5.41, 5.74) is 3.55. The molecule has 1 atom stereocenters. The summed E-state index contributed by atoms with van der Waals surface area (Å²) in [7, 11) is 3.96. The number of anilines is 1. The van der Waals surface area contributed by atoms with Gasteiger partial charge in [-0.1, -0.05) is 59.9 Å². The van der Waals surface area contributed by atoms with Crippen molar-refractivity contribution in [3.8, 4) is 0 Å². The summed E-state index contributed by atoms with van der Waals surface area (Å²) in [5, 5.41) is 2.01. The van der Waals surface area contributed by atoms with E-state index in [1.807, 2.05) is 85.7 Å². The monoisotopic (exact) mass is 575 g/mol. The minimum atomic E-state index is -0.647. The van der Waals surface area contributed by atoms with Gasteiger partial charge < -0.3 is 9.64 Å². The predicted molar refractivity (Wildman–Crippen MR) is 153 cm³/mol. The Morgan fingerprint density at radius 2 is 1.92 bits per heavy atom. The minimum absolute atomic E-state index is 0.191. The number of thiazole rings is 1. The average molecular weight is 577 g/mol. The van der Waals surface area contributed by atoms with Gasteiger partial charge in [-0.3, -0.25) is 9.36 Å². The van der Waals surface area contributed by atoms with Crippen molar-refractivity contribution in [1.82, 2.24) is 4.57 Å². The third-order valence-electron chi connectivity index (χ3n) is 6.39. The standard InChI is InChI=1S/C29H26BrN3O3S/c1-5-36-28(35)25-17(2)31-29-33(26(25)21-12-8-10-19-9-6-7-11-20(19)21)27(34)24(37-29)16-18-13-14-23(32(3)4)22(30)15-18/h6-16,26H,5H2,1-4H3/b24-16-/t26-/m1/s1. The van der Waals surface area contributed by atoms with E-state index in [2.05, 4.69) is 20.9 Å². The lowest BCUT2D eigenvalue weighted by molar-refractivity contribution is -0.139. The molecule has 188 valence electrons. The molecule has 0 amide bonds. The molecule has 2 heterocycles. The first kappa shape index (κ1) is 25.2. The lowest BCUT2D eigenvalue weighted by Crippen LogP contribution is -2.40. The van der Waals surface area contributed by atoms with E-state index in [4.69, 9.17) is 4.74 Å². The van der Waals surface area contributed by atoms with E-state index in [1.54, 1.807) is 18.4 Å². The zero-order valence-corrected chi connectivity index (χ0v) is 23.4. The molecule has 0 radical (unpaired) electrons. The zero-order valence-electron chi connectivity index (χ0n) is 21.0. The van der Waals surface area contributed by atoms with Gasteiger partial charge in [0.25, 0.3) is 5.56 Å². The van der Waals surface area contributed by atoms with Crippen LogP contribution in [0.2, 0.25) is 0 Å². The number of aromatic nitrogens is 1. The first-order valence-electron chi connectivity index (χ1n) is 11.9. The van der Waals surface area contributed by atoms with Gasteiger partial charge in [-0.2, -0.15) is 0 Å². The summed E-state index contributed by atoms with van der Waals surface area (Å²) < 4.78 is 8.56. The zero-order chi connectivity index (χ0) is 26.3. The first-order chi connectivity index (χ1) is 17.8. The Bertz CT molecular complexity index is 1750. The number of nitrogens with zero attached hydrogens (tertiary/aromatic N) is 3. The van der Waals surface area contributed by atoms with Crippen LogP contribution in [0.3, 0.4) is 0 Å². The second-order valence-electron chi connectivity index (χ2n) is 8.98. The van der Waals surface area contributed by atoms with Gasteiger partial charge in [0.15, 0.2) is 4.80 Å². The molecule has 1 aliphatic rings. The number of ether oxygens (including phenoxy) is 1. The van der Waals surface area contributed by atoms with E-state index < -0.39 is 12.0 Å². The van der Waals surface area contributed by atoms with Crippen LogP contribution in [0.25, 0.3) is 16.8 Å². The van der Waals surface area contributed by atoms with Gasteiger partial charge >= 0.3 is 5.97 Å². The maximum Gasteiger partial charge on any atom is 0.338 e.